The van der Waals surface area contributed by atoms with Gasteiger partial charge in [0.1, 0.15) is 11.1 Å². The second-order valence-corrected chi connectivity index (χ2v) is 4.82. The fourth-order valence-corrected chi connectivity index (χ4v) is 1.38. The van der Waals surface area contributed by atoms with Gasteiger partial charge in [-0.25, -0.2) is 4.79 Å². The van der Waals surface area contributed by atoms with Crippen molar-refractivity contribution in [2.45, 2.75) is 44.8 Å². The lowest BCUT2D eigenvalue weighted by atomic mass is 10.2. The van der Waals surface area contributed by atoms with Crippen LogP contribution in [0.4, 0.5) is 4.79 Å². The first-order valence-corrected chi connectivity index (χ1v) is 5.30. The number of carbonyl (C=O) groups is 1. The van der Waals surface area contributed by atoms with Crippen molar-refractivity contribution in [1.82, 2.24) is 5.32 Å². The molecule has 1 fully saturated rings. The first kappa shape index (κ1) is 11.4. The minimum absolute atomic E-state index is 0.341. The normalized spacial score (nSPS) is 17.7. The summed E-state index contributed by atoms with van der Waals surface area (Å²) in [6, 6.07) is 0. The van der Waals surface area contributed by atoms with Gasteiger partial charge in [0.25, 0.3) is 0 Å². The molecule has 1 amide bonds. The van der Waals surface area contributed by atoms with Crippen molar-refractivity contribution in [3.63, 3.8) is 0 Å². The molecule has 0 unspecified atom stereocenters. The molecular formula is C10H14BrNO2. The van der Waals surface area contributed by atoms with E-state index in [1.165, 1.54) is 0 Å². The van der Waals surface area contributed by atoms with Crippen molar-refractivity contribution < 1.29 is 9.53 Å². The highest BCUT2D eigenvalue weighted by Gasteiger charge is 2.43. The van der Waals surface area contributed by atoms with Crippen LogP contribution in [0.15, 0.2) is 0 Å². The molecule has 0 atom stereocenters. The molecule has 1 aliphatic carbocycles. The minimum atomic E-state index is -0.456. The van der Waals surface area contributed by atoms with E-state index in [1.54, 1.807) is 0 Å². The first-order valence-electron chi connectivity index (χ1n) is 4.51. The summed E-state index contributed by atoms with van der Waals surface area (Å²) in [5.41, 5.74) is -0.798. The van der Waals surface area contributed by atoms with E-state index in [0.29, 0.717) is 0 Å². The van der Waals surface area contributed by atoms with E-state index in [1.807, 2.05) is 20.8 Å². The second kappa shape index (κ2) is 3.82. The van der Waals surface area contributed by atoms with Gasteiger partial charge in [-0.15, -0.1) is 0 Å². The minimum Gasteiger partial charge on any atom is -0.444 e. The van der Waals surface area contributed by atoms with Gasteiger partial charge in [-0.3, -0.25) is 0 Å². The zero-order chi connectivity index (χ0) is 10.8. The Kier molecular flexibility index (Phi) is 3.10. The maximum absolute atomic E-state index is 11.4. The molecule has 0 aromatic heterocycles. The summed E-state index contributed by atoms with van der Waals surface area (Å²) < 4.78 is 5.13. The van der Waals surface area contributed by atoms with Gasteiger partial charge in [0, 0.05) is 15.9 Å². The van der Waals surface area contributed by atoms with Crippen LogP contribution in [0.25, 0.3) is 0 Å². The number of halogens is 1. The molecule has 1 aliphatic rings. The van der Waals surface area contributed by atoms with E-state index < -0.39 is 11.7 Å². The molecule has 0 radical (unpaired) electrons. The number of amides is 1. The fourth-order valence-electron chi connectivity index (χ4n) is 0.996. The lowest BCUT2D eigenvalue weighted by Gasteiger charge is -2.21. The molecule has 1 N–H and O–H groups in total. The average Bonchev–Trinajstić information content (AvgIpc) is 2.64. The summed E-state index contributed by atoms with van der Waals surface area (Å²) in [6.07, 6.45) is 1.39. The second-order valence-electron chi connectivity index (χ2n) is 4.43. The molecule has 0 aromatic rings. The Bertz CT molecular complexity index is 291. The van der Waals surface area contributed by atoms with Crippen molar-refractivity contribution >= 4 is 22.0 Å². The Morgan fingerprint density at radius 3 is 2.43 bits per heavy atom. The molecule has 0 heterocycles. The summed E-state index contributed by atoms with van der Waals surface area (Å²) >= 11 is 3.02. The van der Waals surface area contributed by atoms with E-state index in [4.69, 9.17) is 4.74 Å². The van der Waals surface area contributed by atoms with Gasteiger partial charge >= 0.3 is 6.09 Å². The largest absolute Gasteiger partial charge is 0.444 e. The highest BCUT2D eigenvalue weighted by atomic mass is 79.9. The van der Waals surface area contributed by atoms with Crippen LogP contribution < -0.4 is 5.32 Å². The standard InChI is InChI=1S/C10H14BrNO2/c1-9(2,3)14-8(13)12-10(4-5-10)6-7-11/h4-5H2,1-3H3,(H,12,13). The van der Waals surface area contributed by atoms with E-state index in [-0.39, 0.29) is 5.54 Å². The van der Waals surface area contributed by atoms with Crippen LogP contribution in [-0.2, 0) is 4.74 Å². The summed E-state index contributed by atoms with van der Waals surface area (Å²) in [7, 11) is 0. The molecule has 0 aromatic carbocycles. The number of rotatable bonds is 1. The third-order valence-corrected chi connectivity index (χ3v) is 1.97. The lowest BCUT2D eigenvalue weighted by Crippen LogP contribution is -2.39. The van der Waals surface area contributed by atoms with Crippen molar-refractivity contribution in [3.05, 3.63) is 0 Å². The molecule has 1 rings (SSSR count). The molecule has 78 valence electrons. The van der Waals surface area contributed by atoms with Crippen molar-refractivity contribution in [2.24, 2.45) is 0 Å². The van der Waals surface area contributed by atoms with E-state index in [9.17, 15) is 4.79 Å². The van der Waals surface area contributed by atoms with Crippen LogP contribution in [0.5, 0.6) is 0 Å². The third kappa shape index (κ3) is 3.59. The Labute approximate surface area is 92.7 Å². The lowest BCUT2D eigenvalue weighted by molar-refractivity contribution is 0.0511. The number of alkyl carbamates (subject to hydrolysis) is 1. The molecule has 4 heteroatoms. The Morgan fingerprint density at radius 2 is 2.07 bits per heavy atom. The SMILES string of the molecule is CC(C)(C)OC(=O)NC1(C#CBr)CC1. The van der Waals surface area contributed by atoms with Crippen LogP contribution in [0, 0.1) is 10.8 Å². The Hall–Kier alpha value is -0.690. The van der Waals surface area contributed by atoms with E-state index in [0.717, 1.165) is 12.8 Å². The van der Waals surface area contributed by atoms with Gasteiger partial charge in [0.2, 0.25) is 0 Å². The molecule has 0 bridgehead atoms. The van der Waals surface area contributed by atoms with Gasteiger partial charge in [-0.05, 0) is 38.4 Å². The molecule has 0 saturated heterocycles. The molecule has 0 spiro atoms. The third-order valence-electron chi connectivity index (χ3n) is 1.78. The highest BCUT2D eigenvalue weighted by Crippen LogP contribution is 2.34. The van der Waals surface area contributed by atoms with E-state index >= 15 is 0 Å². The zero-order valence-corrected chi connectivity index (χ0v) is 10.2. The fraction of sp³-hybridized carbons (Fsp3) is 0.700. The summed E-state index contributed by atoms with van der Waals surface area (Å²) in [5, 5.41) is 2.76. The van der Waals surface area contributed by atoms with Crippen LogP contribution in [0.3, 0.4) is 0 Å². The Balaban J connectivity index is 2.44. The number of carbonyl (C=O) groups excluding carboxylic acids is 1. The molecule has 1 saturated carbocycles. The highest BCUT2D eigenvalue weighted by molar-refractivity contribution is 9.12. The zero-order valence-electron chi connectivity index (χ0n) is 8.61. The predicted molar refractivity (Wildman–Crippen MR) is 58.0 cm³/mol. The van der Waals surface area contributed by atoms with Gasteiger partial charge in [-0.2, -0.15) is 0 Å². The summed E-state index contributed by atoms with van der Waals surface area (Å²) in [4.78, 5) is 14.0. The van der Waals surface area contributed by atoms with Crippen molar-refractivity contribution in [2.75, 3.05) is 0 Å². The Morgan fingerprint density at radius 1 is 1.50 bits per heavy atom. The molecular weight excluding hydrogens is 246 g/mol. The number of hydrogen-bond donors (Lipinski definition) is 1. The number of hydrogen-bond acceptors (Lipinski definition) is 2. The maximum Gasteiger partial charge on any atom is 0.408 e. The summed E-state index contributed by atoms with van der Waals surface area (Å²) in [6.45, 7) is 5.51. The maximum atomic E-state index is 11.4. The quantitative estimate of drug-likeness (QED) is 0.735. The number of ether oxygens (including phenoxy) is 1. The summed E-state index contributed by atoms with van der Waals surface area (Å²) in [5.74, 6) is 2.90. The topological polar surface area (TPSA) is 38.3 Å². The molecule has 3 nitrogen and oxygen atoms in total. The van der Waals surface area contributed by atoms with Gasteiger partial charge < -0.3 is 10.1 Å². The van der Waals surface area contributed by atoms with Gasteiger partial charge in [-0.1, -0.05) is 5.92 Å². The van der Waals surface area contributed by atoms with E-state index in [2.05, 4.69) is 32.0 Å². The van der Waals surface area contributed by atoms with Crippen molar-refractivity contribution in [3.8, 4) is 10.8 Å². The number of nitrogens with one attached hydrogen (secondary N) is 1. The molecule has 0 aliphatic heterocycles. The van der Waals surface area contributed by atoms with Crippen LogP contribution in [-0.4, -0.2) is 17.2 Å². The van der Waals surface area contributed by atoms with Crippen molar-refractivity contribution in [1.29, 1.82) is 0 Å². The van der Waals surface area contributed by atoms with Crippen LogP contribution in [0.2, 0.25) is 0 Å². The first-order chi connectivity index (χ1) is 6.37. The predicted octanol–water partition coefficient (Wildman–Crippen LogP) is 2.40. The smallest absolute Gasteiger partial charge is 0.408 e. The average molecular weight is 260 g/mol. The van der Waals surface area contributed by atoms with Crippen LogP contribution >= 0.6 is 15.9 Å². The monoisotopic (exact) mass is 259 g/mol. The van der Waals surface area contributed by atoms with Gasteiger partial charge in [0.15, 0.2) is 0 Å². The van der Waals surface area contributed by atoms with Gasteiger partial charge in [0.05, 0.1) is 0 Å². The van der Waals surface area contributed by atoms with Crippen LogP contribution in [0.1, 0.15) is 33.6 Å². The molecule has 14 heavy (non-hydrogen) atoms.